The van der Waals surface area contributed by atoms with Gasteiger partial charge in [-0.05, 0) is 87.0 Å². The van der Waals surface area contributed by atoms with Crippen molar-refractivity contribution in [2.45, 2.75) is 195 Å². The zero-order valence-electron chi connectivity index (χ0n) is 47.5. The third kappa shape index (κ3) is 15.2. The molecule has 7 rings (SSSR count). The highest BCUT2D eigenvalue weighted by molar-refractivity contribution is 14.1. The van der Waals surface area contributed by atoms with Crippen LogP contribution in [0, 0.1) is 34.2 Å². The number of allylic oxidation sites excluding steroid dienone is 3. The molecule has 2 aliphatic carbocycles. The second-order valence-electron chi connectivity index (χ2n) is 20.6. The average Bonchev–Trinajstić information content (AvgIpc) is 3.46. The third-order valence-corrected chi connectivity index (χ3v) is 20.3. The molecule has 450 valence electrons. The summed E-state index contributed by atoms with van der Waals surface area (Å²) in [5.74, 6) is 12.2. The van der Waals surface area contributed by atoms with Crippen molar-refractivity contribution in [2.24, 2.45) is 0 Å². The summed E-state index contributed by atoms with van der Waals surface area (Å²) in [4.78, 5) is 34.3. The summed E-state index contributed by atoms with van der Waals surface area (Å²) >= 11 is 2.86. The van der Waals surface area contributed by atoms with Crippen molar-refractivity contribution in [3.8, 4) is 40.9 Å². The summed E-state index contributed by atoms with van der Waals surface area (Å²) in [5, 5.41) is 60.4. The Hall–Kier alpha value is -2.56. The molecule has 4 aliphatic heterocycles. The van der Waals surface area contributed by atoms with Gasteiger partial charge < -0.3 is 83.0 Å². The van der Waals surface area contributed by atoms with Crippen molar-refractivity contribution in [1.82, 2.24) is 10.8 Å². The van der Waals surface area contributed by atoms with E-state index in [9.17, 15) is 35.1 Å². The highest BCUT2D eigenvalue weighted by Gasteiger charge is 2.51. The van der Waals surface area contributed by atoms with Crippen molar-refractivity contribution in [3.63, 3.8) is 0 Å². The third-order valence-electron chi connectivity index (χ3n) is 14.8. The molecule has 4 fully saturated rings. The fourth-order valence-electron chi connectivity index (χ4n) is 10.5. The molecule has 81 heavy (non-hydrogen) atoms. The molecule has 2 bridgehead atoms. The van der Waals surface area contributed by atoms with Crippen molar-refractivity contribution in [2.75, 3.05) is 47.3 Å². The molecule has 4 heterocycles. The van der Waals surface area contributed by atoms with Gasteiger partial charge in [0.25, 0.3) is 0 Å². The van der Waals surface area contributed by atoms with Crippen LogP contribution in [-0.4, -0.2) is 204 Å². The number of fused-ring (bicyclic) bond motifs is 2. The van der Waals surface area contributed by atoms with Crippen LogP contribution in [0.5, 0.6) is 17.2 Å². The molecular weight excluding hydrogens is 1230 g/mol. The van der Waals surface area contributed by atoms with E-state index in [1.807, 2.05) is 35.6 Å². The predicted molar refractivity (Wildman–Crippen MR) is 311 cm³/mol. The van der Waals surface area contributed by atoms with Gasteiger partial charge in [0.2, 0.25) is 17.2 Å². The number of hydrogen-bond acceptors (Lipinski definition) is 24. The van der Waals surface area contributed by atoms with E-state index >= 15 is 0 Å². The molecular formula is C56H77IN2O19S3. The van der Waals surface area contributed by atoms with Gasteiger partial charge in [-0.15, -0.1) is 0 Å². The van der Waals surface area contributed by atoms with Crippen molar-refractivity contribution >= 4 is 66.8 Å². The maximum Gasteiger partial charge on any atom is 0.229 e. The van der Waals surface area contributed by atoms with Crippen molar-refractivity contribution in [3.05, 3.63) is 49.6 Å². The molecule has 0 unspecified atom stereocenters. The number of carbonyl (C=O) groups excluding carboxylic acids is 2. The number of hydroxylamine groups is 1. The molecule has 0 radical (unpaired) electrons. The number of nitrogens with one attached hydrogen (secondary N) is 2. The number of likely N-dealkylation sites (N-methyl/N-ethyl adjacent to an activating group) is 1. The summed E-state index contributed by atoms with van der Waals surface area (Å²) < 4.78 is 67.8. The number of thioether (sulfide) groups is 1. The SMILES string of the molecule is CCN[C@H]1CO[C@@H](O[C@H]2[C@H](O[C@H]3C#C/C=C\C#C[C@]4(O)CC(=O)C(C)=C3/C4=C\CSSC(C)C)O[C@H](C)[C@@H](NO[C@H]3C[C@H](O)[C@H](SC(=O)c4c(C)c(I)c(O[C@@H]5O[C@@H](C)[C@H](O)[C@@H](OC)[C@H]5O)c(OC)c4OC)[C@@H](C)O3)[C@@H]2O)C[C@@H]1OC. The van der Waals surface area contributed by atoms with Gasteiger partial charge in [0.1, 0.15) is 36.6 Å². The fourth-order valence-corrected chi connectivity index (χ4v) is 14.1. The van der Waals surface area contributed by atoms with E-state index in [1.54, 1.807) is 63.3 Å². The molecule has 25 heteroatoms. The topological polar surface area (TPSA) is 270 Å². The van der Waals surface area contributed by atoms with Gasteiger partial charge in [-0.1, -0.05) is 83.9 Å². The number of ether oxygens (including phenoxy) is 11. The number of halogens is 1. The zero-order valence-corrected chi connectivity index (χ0v) is 52.1. The van der Waals surface area contributed by atoms with Gasteiger partial charge in [-0.25, -0.2) is 0 Å². The molecule has 4 saturated heterocycles. The number of carbonyl (C=O) groups is 2. The van der Waals surface area contributed by atoms with Gasteiger partial charge in [0.15, 0.2) is 41.8 Å². The Morgan fingerprint density at radius 3 is 2.27 bits per heavy atom. The highest BCUT2D eigenvalue weighted by atomic mass is 127. The number of Topliss-reactive ketones (excluding diaryl/α,β-unsaturated/α-hetero) is 1. The number of aliphatic hydroxyl groups is 5. The zero-order chi connectivity index (χ0) is 59.0. The summed E-state index contributed by atoms with van der Waals surface area (Å²) in [6.07, 6.45) is -11.1. The normalized spacial score (nSPS) is 37.0. The fraction of sp³-hybridized carbons (Fsp3) is 0.679. The van der Waals surface area contributed by atoms with Gasteiger partial charge in [0, 0.05) is 49.2 Å². The predicted octanol–water partition coefficient (Wildman–Crippen LogP) is 4.03. The first-order chi connectivity index (χ1) is 38.6. The van der Waals surface area contributed by atoms with E-state index in [4.69, 9.17) is 56.9 Å². The lowest BCUT2D eigenvalue weighted by Crippen LogP contribution is -2.65. The van der Waals surface area contributed by atoms with Crippen LogP contribution in [-0.2, 0) is 47.5 Å². The molecule has 6 aliphatic rings. The number of ketones is 1. The largest absolute Gasteiger partial charge is 0.492 e. The Kier molecular flexibility index (Phi) is 24.2. The Bertz CT molecular complexity index is 2590. The number of hydrogen-bond donors (Lipinski definition) is 7. The Balaban J connectivity index is 1.09. The van der Waals surface area contributed by atoms with Crippen molar-refractivity contribution in [1.29, 1.82) is 0 Å². The summed E-state index contributed by atoms with van der Waals surface area (Å²) in [6, 6.07) is -1.14. The van der Waals surface area contributed by atoms with Gasteiger partial charge in [-0.2, -0.15) is 5.48 Å². The molecule has 0 saturated carbocycles. The smallest absolute Gasteiger partial charge is 0.229 e. The lowest BCUT2D eigenvalue weighted by Gasteiger charge is -2.46. The van der Waals surface area contributed by atoms with E-state index in [1.165, 1.54) is 33.5 Å². The second kappa shape index (κ2) is 29.7. The standard InChI is InChI=1S/C56H77IN2O19S3/c1-13-58-33-25-71-38(23-37(33)67-9)76-50-45(63)43(29(6)73-55(50)75-36-18-16-14-15-17-20-56(66)24-35(61)27(4)40(36)32(56)19-21-79-81-26(2)3)59-78-39-22-34(60)52(31(8)72-39)80-53(65)41-28(5)42(57)48(51(70-12)47(41)68-10)77-54-46(64)49(69-11)44(62)30(7)74-54/h14-15,19,26,29-31,33-34,36-39,43-46,49-50,52,54-55,58-60,62-64,66H,13,21-25H2,1-12H3/b15-14-,32-19+/t29-,30+,31-,33+,34+,36+,37+,38+,39+,43-,44+,45+,46-,49-,50-,52-,54+,55+,56+/m1/s1. The first kappa shape index (κ1) is 66.0. The minimum Gasteiger partial charge on any atom is -0.492 e. The Labute approximate surface area is 499 Å². The monoisotopic (exact) mass is 1300 g/mol. The minimum absolute atomic E-state index is 0.0453. The van der Waals surface area contributed by atoms with Crippen LogP contribution in [0.1, 0.15) is 83.7 Å². The van der Waals surface area contributed by atoms with E-state index < -0.39 is 108 Å². The summed E-state index contributed by atoms with van der Waals surface area (Å²) in [5.41, 5.74) is 2.77. The van der Waals surface area contributed by atoms with E-state index in [0.29, 0.717) is 43.4 Å². The summed E-state index contributed by atoms with van der Waals surface area (Å²) in [7, 11) is 8.99. The van der Waals surface area contributed by atoms with Crippen LogP contribution in [0.15, 0.2) is 34.9 Å². The van der Waals surface area contributed by atoms with E-state index in [-0.39, 0.29) is 66.6 Å². The van der Waals surface area contributed by atoms with Crippen LogP contribution < -0.4 is 25.0 Å². The summed E-state index contributed by atoms with van der Waals surface area (Å²) in [6.45, 7) is 15.5. The Morgan fingerprint density at radius 1 is 0.889 bits per heavy atom. The lowest BCUT2D eigenvalue weighted by molar-refractivity contribution is -0.336. The molecule has 21 nitrogen and oxygen atoms in total. The number of benzene rings is 1. The molecule has 7 N–H and O–H groups in total. The first-order valence-corrected chi connectivity index (χ1v) is 31.2. The maximum atomic E-state index is 14.4. The average molecular weight is 1310 g/mol. The lowest BCUT2D eigenvalue weighted by atomic mass is 9.74. The maximum absolute atomic E-state index is 14.4. The van der Waals surface area contributed by atoms with Gasteiger partial charge in [-0.3, -0.25) is 14.4 Å². The van der Waals surface area contributed by atoms with Crippen LogP contribution in [0.4, 0.5) is 0 Å². The number of aliphatic hydroxyl groups excluding tert-OH is 4. The molecule has 0 aromatic heterocycles. The van der Waals surface area contributed by atoms with E-state index in [0.717, 1.165) is 11.8 Å². The second-order valence-corrected chi connectivity index (χ2v) is 25.8. The van der Waals surface area contributed by atoms with Crippen LogP contribution >= 0.6 is 55.9 Å². The van der Waals surface area contributed by atoms with Gasteiger partial charge in [0.05, 0.1) is 84.2 Å². The van der Waals surface area contributed by atoms with Crippen LogP contribution in [0.2, 0.25) is 0 Å². The minimum atomic E-state index is -1.85. The highest BCUT2D eigenvalue weighted by Crippen LogP contribution is 2.49. The molecule has 1 aromatic rings. The molecule has 19 atom stereocenters. The van der Waals surface area contributed by atoms with Crippen molar-refractivity contribution < 1.29 is 92.1 Å². The molecule has 0 spiro atoms. The van der Waals surface area contributed by atoms with Crippen LogP contribution in [0.25, 0.3) is 0 Å². The van der Waals surface area contributed by atoms with Gasteiger partial charge >= 0.3 is 0 Å². The quantitative estimate of drug-likeness (QED) is 0.0301. The molecule has 0 amide bonds. The van der Waals surface area contributed by atoms with Crippen LogP contribution in [0.3, 0.4) is 0 Å². The first-order valence-electron chi connectivity index (χ1n) is 26.9. The number of rotatable bonds is 21. The van der Waals surface area contributed by atoms with E-state index in [2.05, 4.69) is 48.3 Å². The Morgan fingerprint density at radius 2 is 1.60 bits per heavy atom. The molecule has 1 aromatic carbocycles. The number of methoxy groups -OCH3 is 4.